The first-order valence-corrected chi connectivity index (χ1v) is 9.25. The Bertz CT molecular complexity index is 965. The van der Waals surface area contributed by atoms with E-state index in [1.54, 1.807) is 23.9 Å². The molecule has 0 bridgehead atoms. The summed E-state index contributed by atoms with van der Waals surface area (Å²) in [7, 11) is 3.52. The summed E-state index contributed by atoms with van der Waals surface area (Å²) in [5.41, 5.74) is 3.54. The van der Waals surface area contributed by atoms with Gasteiger partial charge in [-0.25, -0.2) is 0 Å². The average molecular weight is 377 g/mol. The fraction of sp³-hybridized carbons (Fsp3) is 0.273. The fourth-order valence-corrected chi connectivity index (χ4v) is 3.61. The number of carbonyl (C=O) groups is 1. The van der Waals surface area contributed by atoms with Gasteiger partial charge in [-0.3, -0.25) is 9.48 Å². The Balaban J connectivity index is 1.49. The summed E-state index contributed by atoms with van der Waals surface area (Å²) in [6.07, 6.45) is 3.90. The third-order valence-electron chi connectivity index (χ3n) is 5.10. The maximum atomic E-state index is 12.8. The zero-order valence-electron chi connectivity index (χ0n) is 16.0. The van der Waals surface area contributed by atoms with E-state index in [2.05, 4.69) is 17.2 Å². The lowest BCUT2D eigenvalue weighted by Crippen LogP contribution is -2.41. The van der Waals surface area contributed by atoms with Crippen molar-refractivity contribution in [2.24, 2.45) is 7.05 Å². The summed E-state index contributed by atoms with van der Waals surface area (Å²) in [6, 6.07) is 15.5. The predicted molar refractivity (Wildman–Crippen MR) is 105 cm³/mol. The minimum atomic E-state index is -0.0285. The molecule has 3 aromatic rings. The number of carbonyl (C=O) groups excluding carboxylic acids is 1. The van der Waals surface area contributed by atoms with Crippen LogP contribution >= 0.6 is 0 Å². The van der Waals surface area contributed by atoms with E-state index in [9.17, 15) is 4.79 Å². The minimum Gasteiger partial charge on any atom is -0.497 e. The van der Waals surface area contributed by atoms with E-state index in [1.807, 2.05) is 48.6 Å². The largest absolute Gasteiger partial charge is 0.497 e. The molecule has 28 heavy (non-hydrogen) atoms. The molecule has 0 saturated carbocycles. The van der Waals surface area contributed by atoms with E-state index in [-0.39, 0.29) is 18.4 Å². The number of benzene rings is 2. The number of nitrogens with zero attached hydrogens (tertiary/aromatic N) is 3. The molecule has 6 nitrogen and oxygen atoms in total. The van der Waals surface area contributed by atoms with Gasteiger partial charge in [0.15, 0.2) is 6.61 Å². The Labute approximate surface area is 164 Å². The molecule has 0 spiro atoms. The molecule has 1 aliphatic rings. The van der Waals surface area contributed by atoms with Gasteiger partial charge < -0.3 is 14.4 Å². The van der Waals surface area contributed by atoms with E-state index >= 15 is 0 Å². The Morgan fingerprint density at radius 3 is 2.61 bits per heavy atom. The molecule has 0 aliphatic carbocycles. The Hall–Kier alpha value is -3.28. The van der Waals surface area contributed by atoms with Crippen LogP contribution in [0.2, 0.25) is 0 Å². The fourth-order valence-electron chi connectivity index (χ4n) is 3.61. The number of hydrogen-bond acceptors (Lipinski definition) is 4. The summed E-state index contributed by atoms with van der Waals surface area (Å²) >= 11 is 0. The van der Waals surface area contributed by atoms with Gasteiger partial charge in [-0.2, -0.15) is 5.10 Å². The van der Waals surface area contributed by atoms with E-state index < -0.39 is 0 Å². The Morgan fingerprint density at radius 2 is 1.89 bits per heavy atom. The SMILES string of the molecule is COc1ccc(OCC(=O)N2Cc3ccccc3C(c3cnn(C)c3)C2)cc1. The molecule has 1 amide bonds. The molecular weight excluding hydrogens is 354 g/mol. The second-order valence-corrected chi connectivity index (χ2v) is 6.94. The van der Waals surface area contributed by atoms with Gasteiger partial charge in [0.25, 0.3) is 5.91 Å². The highest BCUT2D eigenvalue weighted by atomic mass is 16.5. The highest BCUT2D eigenvalue weighted by Gasteiger charge is 2.29. The first-order chi connectivity index (χ1) is 13.6. The summed E-state index contributed by atoms with van der Waals surface area (Å²) < 4.78 is 12.6. The molecule has 1 atom stereocenters. The topological polar surface area (TPSA) is 56.6 Å². The van der Waals surface area contributed by atoms with Crippen LogP contribution in [0.1, 0.15) is 22.6 Å². The lowest BCUT2D eigenvalue weighted by molar-refractivity contribution is -0.134. The molecule has 2 aromatic carbocycles. The number of fused-ring (bicyclic) bond motifs is 1. The van der Waals surface area contributed by atoms with Gasteiger partial charge in [-0.15, -0.1) is 0 Å². The highest BCUT2D eigenvalue weighted by Crippen LogP contribution is 2.33. The van der Waals surface area contributed by atoms with Crippen LogP contribution in [0.15, 0.2) is 60.9 Å². The molecule has 1 unspecified atom stereocenters. The van der Waals surface area contributed by atoms with Crippen LogP contribution in [-0.4, -0.2) is 40.8 Å². The lowest BCUT2D eigenvalue weighted by Gasteiger charge is -2.34. The standard InChI is InChI=1S/C22H23N3O3/c1-24-12-17(11-23-24)21-14-25(13-16-5-3-4-6-20(16)21)22(26)15-28-19-9-7-18(27-2)8-10-19/h3-12,21H,13-15H2,1-2H3. The molecule has 4 rings (SSSR count). The molecule has 6 heteroatoms. The molecule has 1 aromatic heterocycles. The molecule has 0 saturated heterocycles. The zero-order valence-corrected chi connectivity index (χ0v) is 16.0. The zero-order chi connectivity index (χ0) is 19.5. The van der Waals surface area contributed by atoms with Crippen LogP contribution in [0.5, 0.6) is 11.5 Å². The van der Waals surface area contributed by atoms with Gasteiger partial charge in [-0.05, 0) is 41.0 Å². The number of methoxy groups -OCH3 is 1. The third-order valence-corrected chi connectivity index (χ3v) is 5.10. The van der Waals surface area contributed by atoms with Gasteiger partial charge in [0.2, 0.25) is 0 Å². The Kier molecular flexibility index (Phi) is 5.02. The van der Waals surface area contributed by atoms with Crippen LogP contribution in [0.4, 0.5) is 0 Å². The summed E-state index contributed by atoms with van der Waals surface area (Å²) in [5.74, 6) is 1.49. The summed E-state index contributed by atoms with van der Waals surface area (Å²) in [4.78, 5) is 14.7. The van der Waals surface area contributed by atoms with Crippen LogP contribution in [-0.2, 0) is 18.4 Å². The van der Waals surface area contributed by atoms with Crippen molar-refractivity contribution >= 4 is 5.91 Å². The molecule has 0 N–H and O–H groups in total. The number of aromatic nitrogens is 2. The average Bonchev–Trinajstić information content (AvgIpc) is 3.17. The molecule has 1 aliphatic heterocycles. The summed E-state index contributed by atoms with van der Waals surface area (Å²) in [6.45, 7) is 1.22. The molecule has 0 radical (unpaired) electrons. The summed E-state index contributed by atoms with van der Waals surface area (Å²) in [5, 5.41) is 4.30. The Morgan fingerprint density at radius 1 is 1.14 bits per heavy atom. The minimum absolute atomic E-state index is 0.00819. The lowest BCUT2D eigenvalue weighted by atomic mass is 9.86. The van der Waals surface area contributed by atoms with Crippen molar-refractivity contribution in [2.45, 2.75) is 12.5 Å². The molecular formula is C22H23N3O3. The smallest absolute Gasteiger partial charge is 0.260 e. The van der Waals surface area contributed by atoms with Crippen molar-refractivity contribution < 1.29 is 14.3 Å². The number of hydrogen-bond donors (Lipinski definition) is 0. The van der Waals surface area contributed by atoms with Gasteiger partial charge >= 0.3 is 0 Å². The predicted octanol–water partition coefficient (Wildman–Crippen LogP) is 2.98. The van der Waals surface area contributed by atoms with Gasteiger partial charge in [0, 0.05) is 32.3 Å². The quantitative estimate of drug-likeness (QED) is 0.686. The second kappa shape index (κ2) is 7.76. The first-order valence-electron chi connectivity index (χ1n) is 9.25. The van der Waals surface area contributed by atoms with Crippen molar-refractivity contribution in [3.63, 3.8) is 0 Å². The maximum absolute atomic E-state index is 12.8. The van der Waals surface area contributed by atoms with Gasteiger partial charge in [-0.1, -0.05) is 24.3 Å². The first kappa shape index (κ1) is 18.1. The van der Waals surface area contributed by atoms with E-state index in [0.29, 0.717) is 18.8 Å². The van der Waals surface area contributed by atoms with Crippen molar-refractivity contribution in [3.05, 3.63) is 77.6 Å². The van der Waals surface area contributed by atoms with Crippen LogP contribution in [0, 0.1) is 0 Å². The van der Waals surface area contributed by atoms with Crippen LogP contribution < -0.4 is 9.47 Å². The highest BCUT2D eigenvalue weighted by molar-refractivity contribution is 5.78. The van der Waals surface area contributed by atoms with E-state index in [4.69, 9.17) is 9.47 Å². The number of aryl methyl sites for hydroxylation is 1. The van der Waals surface area contributed by atoms with E-state index in [1.165, 1.54) is 11.1 Å². The van der Waals surface area contributed by atoms with Gasteiger partial charge in [0.05, 0.1) is 13.3 Å². The van der Waals surface area contributed by atoms with Crippen molar-refractivity contribution in [1.29, 1.82) is 0 Å². The second-order valence-electron chi connectivity index (χ2n) is 6.94. The van der Waals surface area contributed by atoms with Crippen molar-refractivity contribution in [1.82, 2.24) is 14.7 Å². The monoisotopic (exact) mass is 377 g/mol. The van der Waals surface area contributed by atoms with Crippen molar-refractivity contribution in [2.75, 3.05) is 20.3 Å². The molecule has 2 heterocycles. The van der Waals surface area contributed by atoms with Crippen LogP contribution in [0.3, 0.4) is 0 Å². The third kappa shape index (κ3) is 3.71. The number of amides is 1. The molecule has 144 valence electrons. The number of rotatable bonds is 5. The van der Waals surface area contributed by atoms with E-state index in [0.717, 1.165) is 11.3 Å². The normalized spacial score (nSPS) is 15.8. The number of ether oxygens (including phenoxy) is 2. The maximum Gasteiger partial charge on any atom is 0.260 e. The van der Waals surface area contributed by atoms with Crippen LogP contribution in [0.25, 0.3) is 0 Å². The van der Waals surface area contributed by atoms with Crippen molar-refractivity contribution in [3.8, 4) is 11.5 Å². The van der Waals surface area contributed by atoms with Gasteiger partial charge in [0.1, 0.15) is 11.5 Å². The molecule has 0 fully saturated rings.